The third kappa shape index (κ3) is 3.45. The number of aromatic nitrogens is 2. The van der Waals surface area contributed by atoms with E-state index in [1.165, 1.54) is 18.3 Å². The molecule has 1 unspecified atom stereocenters. The number of carbonyl (C=O) groups is 1. The normalized spacial score (nSPS) is 11.7. The second-order valence-corrected chi connectivity index (χ2v) is 5.03. The minimum atomic E-state index is -0.309. The van der Waals surface area contributed by atoms with Crippen molar-refractivity contribution in [1.29, 1.82) is 0 Å². The maximum absolute atomic E-state index is 13.0. The summed E-state index contributed by atoms with van der Waals surface area (Å²) in [7, 11) is 1.72. The van der Waals surface area contributed by atoms with Crippen molar-refractivity contribution in [2.45, 2.75) is 19.9 Å². The number of rotatable bonds is 4. The number of amides is 1. The standard InChI is InChI=1S/C15H19FN4O.ClH/c1-10(8-17)19(3)15(21)14-9-18-20(11(14)2)13-6-4-12(16)5-7-13;/h4-7,9-10H,8,17H2,1-3H3;1H. The molecule has 1 atom stereocenters. The fourth-order valence-corrected chi connectivity index (χ4v) is 2.01. The SMILES string of the molecule is Cc1c(C(=O)N(C)C(C)CN)cnn1-c1ccc(F)cc1.Cl. The van der Waals surface area contributed by atoms with Crippen LogP contribution in [0.25, 0.3) is 5.69 Å². The van der Waals surface area contributed by atoms with Crippen LogP contribution in [-0.2, 0) is 0 Å². The zero-order valence-corrected chi connectivity index (χ0v) is 13.6. The number of nitrogens with two attached hydrogens (primary N) is 1. The molecule has 0 aliphatic rings. The molecular formula is C15H20ClFN4O. The summed E-state index contributed by atoms with van der Waals surface area (Å²) in [5, 5.41) is 4.22. The Morgan fingerprint density at radius 2 is 2.00 bits per heavy atom. The number of halogens is 2. The Hall–Kier alpha value is -1.92. The second-order valence-electron chi connectivity index (χ2n) is 5.03. The van der Waals surface area contributed by atoms with Crippen LogP contribution < -0.4 is 5.73 Å². The molecule has 1 aromatic carbocycles. The molecule has 120 valence electrons. The Morgan fingerprint density at radius 1 is 1.41 bits per heavy atom. The molecule has 2 aromatic rings. The van der Waals surface area contributed by atoms with E-state index in [1.807, 2.05) is 13.8 Å². The van der Waals surface area contributed by atoms with E-state index in [-0.39, 0.29) is 30.2 Å². The molecule has 22 heavy (non-hydrogen) atoms. The minimum Gasteiger partial charge on any atom is -0.338 e. The van der Waals surface area contributed by atoms with Gasteiger partial charge in [0, 0.05) is 19.6 Å². The lowest BCUT2D eigenvalue weighted by Gasteiger charge is -2.23. The van der Waals surface area contributed by atoms with Gasteiger partial charge in [0.1, 0.15) is 5.82 Å². The van der Waals surface area contributed by atoms with Crippen molar-refractivity contribution in [3.05, 3.63) is 47.5 Å². The van der Waals surface area contributed by atoms with Gasteiger partial charge in [0.15, 0.2) is 0 Å². The second kappa shape index (κ2) is 7.38. The third-order valence-corrected chi connectivity index (χ3v) is 3.63. The molecule has 1 amide bonds. The smallest absolute Gasteiger partial charge is 0.257 e. The van der Waals surface area contributed by atoms with Gasteiger partial charge in [-0.3, -0.25) is 4.79 Å². The molecule has 1 aromatic heterocycles. The van der Waals surface area contributed by atoms with E-state index in [0.29, 0.717) is 23.5 Å². The van der Waals surface area contributed by atoms with Crippen LogP contribution in [0.2, 0.25) is 0 Å². The van der Waals surface area contributed by atoms with Crippen molar-refractivity contribution >= 4 is 18.3 Å². The number of nitrogens with zero attached hydrogens (tertiary/aromatic N) is 3. The third-order valence-electron chi connectivity index (χ3n) is 3.63. The molecule has 5 nitrogen and oxygen atoms in total. The van der Waals surface area contributed by atoms with Crippen molar-refractivity contribution in [2.24, 2.45) is 5.73 Å². The number of benzene rings is 1. The summed E-state index contributed by atoms with van der Waals surface area (Å²) >= 11 is 0. The van der Waals surface area contributed by atoms with Crippen molar-refractivity contribution in [3.8, 4) is 5.69 Å². The van der Waals surface area contributed by atoms with Gasteiger partial charge < -0.3 is 10.6 Å². The zero-order chi connectivity index (χ0) is 15.6. The summed E-state index contributed by atoms with van der Waals surface area (Å²) in [5.41, 5.74) is 7.52. The average Bonchev–Trinajstić information content (AvgIpc) is 2.87. The molecule has 2 rings (SSSR count). The van der Waals surface area contributed by atoms with Crippen LogP contribution in [0.1, 0.15) is 23.0 Å². The summed E-state index contributed by atoms with van der Waals surface area (Å²) < 4.78 is 14.6. The Balaban J connectivity index is 0.00000242. The molecule has 1 heterocycles. The van der Waals surface area contributed by atoms with Crippen LogP contribution in [-0.4, -0.2) is 40.2 Å². The lowest BCUT2D eigenvalue weighted by Crippen LogP contribution is -2.39. The highest BCUT2D eigenvalue weighted by molar-refractivity contribution is 5.95. The van der Waals surface area contributed by atoms with Gasteiger partial charge in [-0.2, -0.15) is 5.10 Å². The first kappa shape index (κ1) is 18.1. The van der Waals surface area contributed by atoms with Crippen LogP contribution in [0.5, 0.6) is 0 Å². The molecule has 0 aliphatic heterocycles. The molecule has 0 radical (unpaired) electrons. The number of hydrogen-bond acceptors (Lipinski definition) is 3. The molecule has 0 saturated carbocycles. The summed E-state index contributed by atoms with van der Waals surface area (Å²) in [6, 6.07) is 5.92. The van der Waals surface area contributed by atoms with E-state index < -0.39 is 0 Å². The Bertz CT molecular complexity index is 641. The zero-order valence-electron chi connectivity index (χ0n) is 12.8. The quantitative estimate of drug-likeness (QED) is 0.936. The van der Waals surface area contributed by atoms with Crippen molar-refractivity contribution < 1.29 is 9.18 Å². The number of likely N-dealkylation sites (N-methyl/N-ethyl adjacent to an activating group) is 1. The van der Waals surface area contributed by atoms with Crippen LogP contribution in [0.4, 0.5) is 4.39 Å². The van der Waals surface area contributed by atoms with Gasteiger partial charge in [-0.25, -0.2) is 9.07 Å². The van der Waals surface area contributed by atoms with Crippen molar-refractivity contribution in [1.82, 2.24) is 14.7 Å². The van der Waals surface area contributed by atoms with Gasteiger partial charge in [0.25, 0.3) is 5.91 Å². The summed E-state index contributed by atoms with van der Waals surface area (Å²) in [4.78, 5) is 14.0. The molecule has 0 fully saturated rings. The Labute approximate surface area is 135 Å². The highest BCUT2D eigenvalue weighted by atomic mass is 35.5. The van der Waals surface area contributed by atoms with E-state index in [9.17, 15) is 9.18 Å². The Kier molecular flexibility index (Phi) is 6.08. The molecule has 0 bridgehead atoms. The van der Waals surface area contributed by atoms with E-state index >= 15 is 0 Å². The number of hydrogen-bond donors (Lipinski definition) is 1. The largest absolute Gasteiger partial charge is 0.338 e. The summed E-state index contributed by atoms with van der Waals surface area (Å²) in [5.74, 6) is -0.435. The lowest BCUT2D eigenvalue weighted by molar-refractivity contribution is 0.0747. The fourth-order valence-electron chi connectivity index (χ4n) is 2.01. The predicted octanol–water partition coefficient (Wildman–Crippen LogP) is 2.16. The number of carbonyl (C=O) groups excluding carboxylic acids is 1. The molecule has 0 aliphatic carbocycles. The van der Waals surface area contributed by atoms with Crippen molar-refractivity contribution in [2.75, 3.05) is 13.6 Å². The maximum atomic E-state index is 13.0. The van der Waals surface area contributed by atoms with Gasteiger partial charge in [-0.05, 0) is 38.1 Å². The van der Waals surface area contributed by atoms with E-state index in [0.717, 1.165) is 0 Å². The van der Waals surface area contributed by atoms with E-state index in [4.69, 9.17) is 5.73 Å². The topological polar surface area (TPSA) is 64.2 Å². The van der Waals surface area contributed by atoms with Gasteiger partial charge in [0.2, 0.25) is 0 Å². The highest BCUT2D eigenvalue weighted by Crippen LogP contribution is 2.16. The van der Waals surface area contributed by atoms with Gasteiger partial charge in [-0.15, -0.1) is 12.4 Å². The fraction of sp³-hybridized carbons (Fsp3) is 0.333. The van der Waals surface area contributed by atoms with E-state index in [2.05, 4.69) is 5.10 Å². The van der Waals surface area contributed by atoms with Gasteiger partial charge in [-0.1, -0.05) is 0 Å². The first-order valence-corrected chi connectivity index (χ1v) is 6.73. The first-order valence-electron chi connectivity index (χ1n) is 6.73. The monoisotopic (exact) mass is 326 g/mol. The molecule has 2 N–H and O–H groups in total. The van der Waals surface area contributed by atoms with E-state index in [1.54, 1.807) is 28.8 Å². The van der Waals surface area contributed by atoms with Gasteiger partial charge in [0.05, 0.1) is 23.1 Å². The Morgan fingerprint density at radius 3 is 2.55 bits per heavy atom. The van der Waals surface area contributed by atoms with Crippen molar-refractivity contribution in [3.63, 3.8) is 0 Å². The maximum Gasteiger partial charge on any atom is 0.257 e. The van der Waals surface area contributed by atoms with Crippen LogP contribution in [0.15, 0.2) is 30.5 Å². The minimum absolute atomic E-state index is 0. The average molecular weight is 327 g/mol. The molecular weight excluding hydrogens is 307 g/mol. The summed E-state index contributed by atoms with van der Waals surface area (Å²) in [6.07, 6.45) is 1.53. The highest BCUT2D eigenvalue weighted by Gasteiger charge is 2.21. The molecule has 0 spiro atoms. The van der Waals surface area contributed by atoms with Gasteiger partial charge >= 0.3 is 0 Å². The van der Waals surface area contributed by atoms with Crippen LogP contribution in [0, 0.1) is 12.7 Å². The van der Waals surface area contributed by atoms with Crippen LogP contribution >= 0.6 is 12.4 Å². The lowest BCUT2D eigenvalue weighted by atomic mass is 10.2. The first-order chi connectivity index (χ1) is 9.95. The molecule has 7 heteroatoms. The molecule has 0 saturated heterocycles. The predicted molar refractivity (Wildman–Crippen MR) is 86.1 cm³/mol. The van der Waals surface area contributed by atoms with Crippen LogP contribution in [0.3, 0.4) is 0 Å². The summed E-state index contributed by atoms with van der Waals surface area (Å²) in [6.45, 7) is 4.09.